The van der Waals surface area contributed by atoms with Crippen molar-refractivity contribution >= 4 is 17.7 Å². The van der Waals surface area contributed by atoms with E-state index in [0.29, 0.717) is 25.9 Å². The van der Waals surface area contributed by atoms with E-state index >= 15 is 0 Å². The maximum Gasteiger partial charge on any atom is 0.416 e. The Morgan fingerprint density at radius 3 is 2.45 bits per heavy atom. The molecule has 0 aliphatic carbocycles. The number of carbonyl (C=O) groups is 1. The predicted octanol–water partition coefficient (Wildman–Crippen LogP) is 4.98. The molecule has 0 bridgehead atoms. The normalized spacial score (nSPS) is 16.6. The number of carboxylic acid groups (broad SMARTS) is 1. The molecule has 1 N–H and O–H groups in total. The number of ether oxygens (including phenoxy) is 1. The number of hydrogen-bond donors (Lipinski definition) is 1. The molecule has 0 radical (unpaired) electrons. The summed E-state index contributed by atoms with van der Waals surface area (Å²) < 4.78 is 44.7. The number of likely N-dealkylation sites (tertiary alicyclic amines) is 1. The molecule has 1 aromatic heterocycles. The quantitative estimate of drug-likeness (QED) is 0.682. The number of hydrogen-bond acceptors (Lipinski definition) is 3. The molecule has 1 aliphatic heterocycles. The topological polar surface area (TPSA) is 62.7 Å². The second-order valence-corrected chi connectivity index (χ2v) is 7.46. The Labute approximate surface area is 171 Å². The van der Waals surface area contributed by atoms with Crippen molar-refractivity contribution in [1.29, 1.82) is 0 Å². The average molecular weight is 429 g/mol. The summed E-state index contributed by atoms with van der Waals surface area (Å²) in [6.07, 6.45) is -4.37. The fourth-order valence-corrected chi connectivity index (χ4v) is 3.80. The summed E-state index contributed by atoms with van der Waals surface area (Å²) in [5.74, 6) is 0. The van der Waals surface area contributed by atoms with Crippen LogP contribution in [-0.2, 0) is 22.9 Å². The van der Waals surface area contributed by atoms with Gasteiger partial charge in [0.15, 0.2) is 0 Å². The van der Waals surface area contributed by atoms with E-state index < -0.39 is 23.2 Å². The maximum atomic E-state index is 13.0. The fourth-order valence-electron chi connectivity index (χ4n) is 3.57. The van der Waals surface area contributed by atoms with Crippen molar-refractivity contribution < 1.29 is 27.8 Å². The molecule has 0 atom stereocenters. The van der Waals surface area contributed by atoms with E-state index in [2.05, 4.69) is 4.98 Å². The number of amides is 1. The molecular formula is C20H20ClF3N2O3. The Kier molecular flexibility index (Phi) is 6.33. The molecule has 2 aromatic rings. The van der Waals surface area contributed by atoms with Crippen LogP contribution in [0.2, 0.25) is 5.15 Å². The van der Waals surface area contributed by atoms with Gasteiger partial charge in [0.2, 0.25) is 0 Å². The molecule has 5 nitrogen and oxygen atoms in total. The first-order chi connectivity index (χ1) is 13.7. The molecule has 3 rings (SSSR count). The smallest absolute Gasteiger partial charge is 0.416 e. The minimum atomic E-state index is -4.52. The molecule has 0 spiro atoms. The monoisotopic (exact) mass is 428 g/mol. The van der Waals surface area contributed by atoms with Gasteiger partial charge in [-0.25, -0.2) is 9.78 Å². The number of pyridine rings is 1. The highest BCUT2D eigenvalue weighted by Gasteiger charge is 2.38. The van der Waals surface area contributed by atoms with E-state index in [1.807, 2.05) is 30.3 Å². The summed E-state index contributed by atoms with van der Waals surface area (Å²) in [7, 11) is 0. The summed E-state index contributed by atoms with van der Waals surface area (Å²) >= 11 is 5.72. The van der Waals surface area contributed by atoms with Crippen LogP contribution < -0.4 is 0 Å². The molecule has 156 valence electrons. The first-order valence-electron chi connectivity index (χ1n) is 9.04. The molecule has 2 heterocycles. The highest BCUT2D eigenvalue weighted by molar-refractivity contribution is 6.29. The van der Waals surface area contributed by atoms with Crippen LogP contribution in [0.5, 0.6) is 0 Å². The number of nitrogens with zero attached hydrogens (tertiary/aromatic N) is 2. The van der Waals surface area contributed by atoms with Crippen molar-refractivity contribution in [2.45, 2.75) is 31.0 Å². The zero-order valence-electron chi connectivity index (χ0n) is 15.5. The first kappa shape index (κ1) is 21.4. The lowest BCUT2D eigenvalue weighted by molar-refractivity contribution is -0.137. The molecule has 1 fully saturated rings. The van der Waals surface area contributed by atoms with E-state index in [1.54, 1.807) is 0 Å². The van der Waals surface area contributed by atoms with Gasteiger partial charge in [0.25, 0.3) is 0 Å². The van der Waals surface area contributed by atoms with Crippen molar-refractivity contribution in [2.24, 2.45) is 0 Å². The van der Waals surface area contributed by atoms with E-state index in [-0.39, 0.29) is 24.1 Å². The van der Waals surface area contributed by atoms with Crippen LogP contribution in [0.3, 0.4) is 0 Å². The van der Waals surface area contributed by atoms with Crippen molar-refractivity contribution in [3.8, 4) is 0 Å². The van der Waals surface area contributed by atoms with E-state index in [1.165, 1.54) is 4.90 Å². The van der Waals surface area contributed by atoms with Gasteiger partial charge in [-0.3, -0.25) is 0 Å². The standard InChI is InChI=1S/C20H20ClF3N2O3/c21-17-11-15(20(22,23)24)10-16(25-17)12-29-13-19(14-4-2-1-3-5-14)6-8-26(9-7-19)18(27)28/h1-5,10-11H,6-9,12-13H2,(H,27,28). The molecular weight excluding hydrogens is 409 g/mol. The molecule has 0 saturated carbocycles. The second kappa shape index (κ2) is 8.59. The molecule has 1 aromatic carbocycles. The maximum absolute atomic E-state index is 13.0. The van der Waals surface area contributed by atoms with Gasteiger partial charge in [-0.05, 0) is 30.5 Å². The SMILES string of the molecule is O=C(O)N1CCC(COCc2cc(C(F)(F)F)cc(Cl)n2)(c2ccccc2)CC1. The van der Waals surface area contributed by atoms with Gasteiger partial charge < -0.3 is 14.7 Å². The van der Waals surface area contributed by atoms with Crippen LogP contribution in [0.1, 0.15) is 29.7 Å². The zero-order chi connectivity index (χ0) is 21.1. The fraction of sp³-hybridized carbons (Fsp3) is 0.400. The van der Waals surface area contributed by atoms with Crippen molar-refractivity contribution in [2.75, 3.05) is 19.7 Å². The van der Waals surface area contributed by atoms with Crippen LogP contribution >= 0.6 is 11.6 Å². The molecule has 29 heavy (non-hydrogen) atoms. The Hall–Kier alpha value is -2.32. The average Bonchev–Trinajstić information content (AvgIpc) is 2.68. The third kappa shape index (κ3) is 5.19. The van der Waals surface area contributed by atoms with E-state index in [4.69, 9.17) is 16.3 Å². The lowest BCUT2D eigenvalue weighted by atomic mass is 9.73. The highest BCUT2D eigenvalue weighted by Crippen LogP contribution is 2.36. The summed E-state index contributed by atoms with van der Waals surface area (Å²) in [5, 5.41) is 8.96. The van der Waals surface area contributed by atoms with Crippen LogP contribution in [0.15, 0.2) is 42.5 Å². The van der Waals surface area contributed by atoms with Gasteiger partial charge in [0, 0.05) is 18.5 Å². The van der Waals surface area contributed by atoms with Crippen molar-refractivity contribution in [1.82, 2.24) is 9.88 Å². The first-order valence-corrected chi connectivity index (χ1v) is 9.42. The second-order valence-electron chi connectivity index (χ2n) is 7.08. The Morgan fingerprint density at radius 2 is 1.86 bits per heavy atom. The van der Waals surface area contributed by atoms with Crippen LogP contribution in [0.4, 0.5) is 18.0 Å². The minimum absolute atomic E-state index is 0.0935. The van der Waals surface area contributed by atoms with Gasteiger partial charge in [-0.2, -0.15) is 13.2 Å². The zero-order valence-corrected chi connectivity index (χ0v) is 16.2. The van der Waals surface area contributed by atoms with Crippen molar-refractivity contribution in [3.63, 3.8) is 0 Å². The predicted molar refractivity (Wildman–Crippen MR) is 101 cm³/mol. The Bertz CT molecular complexity index is 854. The largest absolute Gasteiger partial charge is 0.465 e. The van der Waals surface area contributed by atoms with Gasteiger partial charge >= 0.3 is 12.3 Å². The molecule has 9 heteroatoms. The van der Waals surface area contributed by atoms with Crippen molar-refractivity contribution in [3.05, 3.63) is 64.4 Å². The lowest BCUT2D eigenvalue weighted by Gasteiger charge is -2.41. The van der Waals surface area contributed by atoms with Crippen LogP contribution in [-0.4, -0.2) is 40.8 Å². The van der Waals surface area contributed by atoms with Gasteiger partial charge in [-0.1, -0.05) is 41.9 Å². The van der Waals surface area contributed by atoms with Crippen LogP contribution in [0, 0.1) is 0 Å². The van der Waals surface area contributed by atoms with Gasteiger partial charge in [0.05, 0.1) is 24.5 Å². The number of benzene rings is 1. The summed E-state index contributed by atoms with van der Waals surface area (Å²) in [6, 6.07) is 11.3. The van der Waals surface area contributed by atoms with E-state index in [9.17, 15) is 23.1 Å². The number of aromatic nitrogens is 1. The third-order valence-electron chi connectivity index (χ3n) is 5.18. The van der Waals surface area contributed by atoms with Gasteiger partial charge in [0.1, 0.15) is 5.15 Å². The molecule has 1 saturated heterocycles. The number of alkyl halides is 3. The Balaban J connectivity index is 1.74. The summed E-state index contributed by atoms with van der Waals surface area (Å²) in [6.45, 7) is 0.837. The van der Waals surface area contributed by atoms with Crippen LogP contribution in [0.25, 0.3) is 0 Å². The number of halogens is 4. The number of piperidine rings is 1. The highest BCUT2D eigenvalue weighted by atomic mass is 35.5. The minimum Gasteiger partial charge on any atom is -0.465 e. The molecule has 1 aliphatic rings. The van der Waals surface area contributed by atoms with E-state index in [0.717, 1.165) is 17.7 Å². The third-order valence-corrected chi connectivity index (χ3v) is 5.37. The summed E-state index contributed by atoms with van der Waals surface area (Å²) in [5.41, 5.74) is -0.182. The number of rotatable bonds is 5. The van der Waals surface area contributed by atoms with Gasteiger partial charge in [-0.15, -0.1) is 0 Å². The Morgan fingerprint density at radius 1 is 1.21 bits per heavy atom. The summed E-state index contributed by atoms with van der Waals surface area (Å²) in [4.78, 5) is 16.5. The molecule has 1 amide bonds. The lowest BCUT2D eigenvalue weighted by Crippen LogP contribution is -2.47. The molecule has 0 unspecified atom stereocenters.